The van der Waals surface area contributed by atoms with Gasteiger partial charge in [-0.15, -0.1) is 11.8 Å². The van der Waals surface area contributed by atoms with Gasteiger partial charge >= 0.3 is 0 Å². The highest BCUT2D eigenvalue weighted by Gasteiger charge is 2.30. The number of carbonyl (C=O) groups is 1. The molecule has 1 atom stereocenters. The van der Waals surface area contributed by atoms with Gasteiger partial charge in [0.2, 0.25) is 12.7 Å². The monoisotopic (exact) mass is 330 g/mol. The average Bonchev–Trinajstić information content (AvgIpc) is 2.99. The summed E-state index contributed by atoms with van der Waals surface area (Å²) in [6, 6.07) is 7.89. The lowest BCUT2D eigenvalue weighted by atomic mass is 9.87. The summed E-state index contributed by atoms with van der Waals surface area (Å²) in [5, 5.41) is 13.1. The largest absolute Gasteiger partial charge is 0.454 e. The molecule has 0 radical (unpaired) electrons. The van der Waals surface area contributed by atoms with Gasteiger partial charge in [0.25, 0.3) is 0 Å². The molecule has 3 rings (SSSR count). The Morgan fingerprint density at radius 3 is 2.91 bits per heavy atom. The summed E-state index contributed by atoms with van der Waals surface area (Å²) in [4.78, 5) is 12.1. The van der Waals surface area contributed by atoms with Crippen molar-refractivity contribution < 1.29 is 14.3 Å². The molecular formula is C17H18N2O3S. The van der Waals surface area contributed by atoms with Crippen LogP contribution in [0.15, 0.2) is 28.8 Å². The van der Waals surface area contributed by atoms with Gasteiger partial charge < -0.3 is 14.8 Å². The highest BCUT2D eigenvalue weighted by molar-refractivity contribution is 8.03. The first kappa shape index (κ1) is 15.8. The quantitative estimate of drug-likeness (QED) is 0.918. The molecule has 0 aromatic heterocycles. The van der Waals surface area contributed by atoms with E-state index in [1.165, 1.54) is 11.8 Å². The third kappa shape index (κ3) is 3.30. The topological polar surface area (TPSA) is 71.3 Å². The van der Waals surface area contributed by atoms with Gasteiger partial charge in [0.05, 0.1) is 16.7 Å². The number of benzene rings is 1. The summed E-state index contributed by atoms with van der Waals surface area (Å²) in [6.45, 7) is 4.43. The molecule has 0 spiro atoms. The molecule has 120 valence electrons. The van der Waals surface area contributed by atoms with Crippen LogP contribution in [-0.4, -0.2) is 18.5 Å². The molecule has 0 bridgehead atoms. The number of carbonyl (C=O) groups excluding carboxylic acids is 1. The van der Waals surface area contributed by atoms with Crippen molar-refractivity contribution in [1.82, 2.24) is 5.32 Å². The molecular weight excluding hydrogens is 312 g/mol. The van der Waals surface area contributed by atoms with Gasteiger partial charge in [0.1, 0.15) is 0 Å². The first-order chi connectivity index (χ1) is 11.1. The minimum atomic E-state index is -0.238. The van der Waals surface area contributed by atoms with E-state index in [4.69, 9.17) is 9.47 Å². The molecule has 1 aromatic carbocycles. The Bertz CT molecular complexity index is 706. The average molecular weight is 330 g/mol. The van der Waals surface area contributed by atoms with E-state index in [9.17, 15) is 10.1 Å². The molecule has 1 aromatic rings. The summed E-state index contributed by atoms with van der Waals surface area (Å²) in [5.41, 5.74) is 1.53. The van der Waals surface area contributed by atoms with Gasteiger partial charge in [0, 0.05) is 18.1 Å². The number of thioether (sulfide) groups is 1. The Morgan fingerprint density at radius 1 is 1.39 bits per heavy atom. The summed E-state index contributed by atoms with van der Waals surface area (Å²) >= 11 is 1.54. The van der Waals surface area contributed by atoms with E-state index >= 15 is 0 Å². The number of nitriles is 1. The molecule has 5 nitrogen and oxygen atoms in total. The summed E-state index contributed by atoms with van der Waals surface area (Å²) in [7, 11) is 0. The maximum Gasteiger partial charge on any atom is 0.231 e. The van der Waals surface area contributed by atoms with Crippen molar-refractivity contribution in [3.63, 3.8) is 0 Å². The summed E-state index contributed by atoms with van der Waals surface area (Å²) < 4.78 is 10.7. The molecule has 0 fully saturated rings. The smallest absolute Gasteiger partial charge is 0.231 e. The molecule has 0 saturated carbocycles. The second-order valence-electron chi connectivity index (χ2n) is 5.98. The molecule has 2 heterocycles. The van der Waals surface area contributed by atoms with E-state index in [1.807, 2.05) is 18.2 Å². The lowest BCUT2D eigenvalue weighted by Crippen LogP contribution is -2.31. The molecule has 0 saturated heterocycles. The first-order valence-corrected chi connectivity index (χ1v) is 8.53. The molecule has 1 N–H and O–H groups in total. The summed E-state index contributed by atoms with van der Waals surface area (Å²) in [6.07, 6.45) is 0.272. The van der Waals surface area contributed by atoms with Gasteiger partial charge in [-0.1, -0.05) is 19.9 Å². The van der Waals surface area contributed by atoms with Crippen LogP contribution in [0.2, 0.25) is 0 Å². The first-order valence-electron chi connectivity index (χ1n) is 7.55. The number of allylic oxidation sites excluding steroid dienone is 1. The fraction of sp³-hybridized carbons (Fsp3) is 0.412. The maximum absolute atomic E-state index is 12.1. The number of rotatable bonds is 4. The predicted octanol–water partition coefficient (Wildman–Crippen LogP) is 3.14. The second-order valence-corrected chi connectivity index (χ2v) is 7.01. The molecule has 1 amide bonds. The summed E-state index contributed by atoms with van der Waals surface area (Å²) in [5.74, 6) is 2.41. The Kier molecular flexibility index (Phi) is 4.49. The fourth-order valence-electron chi connectivity index (χ4n) is 2.60. The van der Waals surface area contributed by atoms with Crippen LogP contribution in [0.1, 0.15) is 31.7 Å². The molecule has 6 heteroatoms. The van der Waals surface area contributed by atoms with E-state index < -0.39 is 0 Å². The van der Waals surface area contributed by atoms with Crippen LogP contribution in [0.3, 0.4) is 0 Å². The van der Waals surface area contributed by atoms with E-state index in [1.54, 1.807) is 0 Å². The van der Waals surface area contributed by atoms with Crippen molar-refractivity contribution in [2.45, 2.75) is 26.2 Å². The minimum absolute atomic E-state index is 0.0575. The standard InChI is InChI=1S/C17H18N2O3S/c1-10(2)8-23-17-13(7-18)12(6-16(20)19-17)11-3-4-14-15(5-11)22-9-21-14/h3-5,10,12H,6,8-9H2,1-2H3,(H,19,20)/t12-/m0/s1. The maximum atomic E-state index is 12.1. The lowest BCUT2D eigenvalue weighted by Gasteiger charge is -2.25. The van der Waals surface area contributed by atoms with Gasteiger partial charge in [-0.3, -0.25) is 4.79 Å². The number of ether oxygens (including phenoxy) is 2. The number of nitrogens with zero attached hydrogens (tertiary/aromatic N) is 1. The zero-order chi connectivity index (χ0) is 16.4. The second kappa shape index (κ2) is 6.55. The number of nitrogens with one attached hydrogen (secondary N) is 1. The zero-order valence-corrected chi connectivity index (χ0v) is 13.9. The fourth-order valence-corrected chi connectivity index (χ4v) is 3.63. The van der Waals surface area contributed by atoms with Crippen molar-refractivity contribution >= 4 is 17.7 Å². The normalized spacial score (nSPS) is 19.7. The SMILES string of the molecule is CC(C)CSC1=C(C#N)[C@H](c2ccc3c(c2)OCO3)CC(=O)N1. The molecule has 0 aliphatic carbocycles. The van der Waals surface area contributed by atoms with Crippen molar-refractivity contribution in [2.24, 2.45) is 5.92 Å². The Hall–Kier alpha value is -2.13. The van der Waals surface area contributed by atoms with Crippen LogP contribution in [0.5, 0.6) is 11.5 Å². The third-order valence-electron chi connectivity index (χ3n) is 3.72. The number of fused-ring (bicyclic) bond motifs is 1. The highest BCUT2D eigenvalue weighted by atomic mass is 32.2. The van der Waals surface area contributed by atoms with Crippen molar-refractivity contribution in [3.8, 4) is 17.6 Å². The minimum Gasteiger partial charge on any atom is -0.454 e. The van der Waals surface area contributed by atoms with Gasteiger partial charge in [-0.2, -0.15) is 5.26 Å². The number of hydrogen-bond donors (Lipinski definition) is 1. The lowest BCUT2D eigenvalue weighted by molar-refractivity contribution is -0.120. The third-order valence-corrected chi connectivity index (χ3v) is 5.16. The Labute approximate surface area is 139 Å². The number of amides is 1. The van der Waals surface area contributed by atoms with Crippen molar-refractivity contribution in [2.75, 3.05) is 12.5 Å². The van der Waals surface area contributed by atoms with E-state index in [-0.39, 0.29) is 25.0 Å². The van der Waals surface area contributed by atoms with E-state index in [0.29, 0.717) is 28.0 Å². The van der Waals surface area contributed by atoms with Crippen LogP contribution in [-0.2, 0) is 4.79 Å². The van der Waals surface area contributed by atoms with Crippen LogP contribution < -0.4 is 14.8 Å². The predicted molar refractivity (Wildman–Crippen MR) is 88.0 cm³/mol. The Balaban J connectivity index is 1.94. The Morgan fingerprint density at radius 2 is 2.17 bits per heavy atom. The molecule has 2 aliphatic rings. The number of hydrogen-bond acceptors (Lipinski definition) is 5. The zero-order valence-electron chi connectivity index (χ0n) is 13.1. The van der Waals surface area contributed by atoms with Gasteiger partial charge in [-0.05, 0) is 23.6 Å². The van der Waals surface area contributed by atoms with Crippen molar-refractivity contribution in [3.05, 3.63) is 34.4 Å². The molecule has 23 heavy (non-hydrogen) atoms. The van der Waals surface area contributed by atoms with Gasteiger partial charge in [0.15, 0.2) is 11.5 Å². The van der Waals surface area contributed by atoms with Crippen LogP contribution in [0, 0.1) is 17.2 Å². The highest BCUT2D eigenvalue weighted by Crippen LogP contribution is 2.40. The van der Waals surface area contributed by atoms with Gasteiger partial charge in [-0.25, -0.2) is 0 Å². The van der Waals surface area contributed by atoms with E-state index in [2.05, 4.69) is 25.2 Å². The van der Waals surface area contributed by atoms with Crippen LogP contribution in [0.4, 0.5) is 0 Å². The van der Waals surface area contributed by atoms with Crippen LogP contribution in [0.25, 0.3) is 0 Å². The molecule has 2 aliphatic heterocycles. The van der Waals surface area contributed by atoms with Crippen molar-refractivity contribution in [1.29, 1.82) is 5.26 Å². The van der Waals surface area contributed by atoms with Crippen LogP contribution >= 0.6 is 11.8 Å². The molecule has 0 unspecified atom stereocenters. The van der Waals surface area contributed by atoms with E-state index in [0.717, 1.165) is 11.3 Å².